The molecule has 0 aromatic carbocycles. The van der Waals surface area contributed by atoms with Crippen molar-refractivity contribution in [2.24, 2.45) is 0 Å². The first-order valence-corrected chi connectivity index (χ1v) is 4.63. The number of anilines is 1. The Bertz CT molecular complexity index is 560. The van der Waals surface area contributed by atoms with Gasteiger partial charge in [0.05, 0.1) is 5.69 Å². The first-order valence-electron chi connectivity index (χ1n) is 4.63. The van der Waals surface area contributed by atoms with Gasteiger partial charge in [0.2, 0.25) is 5.65 Å². The van der Waals surface area contributed by atoms with E-state index in [1.54, 1.807) is 6.20 Å². The number of aromatic nitrogens is 4. The molecule has 2 aromatic heterocycles. The number of H-pyrrole nitrogens is 1. The summed E-state index contributed by atoms with van der Waals surface area (Å²) in [4.78, 5) is 15.6. The number of nitrogens with zero attached hydrogens (tertiary/aromatic N) is 3. The first kappa shape index (κ1) is 9.70. The lowest BCUT2D eigenvalue weighted by atomic mass is 9.93. The molecule has 0 bridgehead atoms. The van der Waals surface area contributed by atoms with Gasteiger partial charge in [-0.25, -0.2) is 19.3 Å². The summed E-state index contributed by atoms with van der Waals surface area (Å²) in [5, 5.41) is 6.11. The van der Waals surface area contributed by atoms with Gasteiger partial charge < -0.3 is 5.73 Å². The Kier molecular flexibility index (Phi) is 1.82. The summed E-state index contributed by atoms with van der Waals surface area (Å²) in [6.45, 7) is 6.02. The van der Waals surface area contributed by atoms with Gasteiger partial charge >= 0.3 is 5.69 Å². The maximum absolute atomic E-state index is 11.4. The molecule has 0 aliphatic rings. The van der Waals surface area contributed by atoms with E-state index in [2.05, 4.69) is 15.2 Å². The van der Waals surface area contributed by atoms with Crippen LogP contribution in [0.2, 0.25) is 0 Å². The van der Waals surface area contributed by atoms with Crippen LogP contribution in [0, 0.1) is 0 Å². The lowest BCUT2D eigenvalue weighted by Gasteiger charge is -2.17. The van der Waals surface area contributed by atoms with Crippen LogP contribution in [0.3, 0.4) is 0 Å². The Labute approximate surface area is 86.1 Å². The van der Waals surface area contributed by atoms with Crippen LogP contribution in [0.1, 0.15) is 26.5 Å². The summed E-state index contributed by atoms with van der Waals surface area (Å²) in [5.41, 5.74) is 6.39. The van der Waals surface area contributed by atoms with Gasteiger partial charge in [0.1, 0.15) is 0 Å². The van der Waals surface area contributed by atoms with Gasteiger partial charge in [0.15, 0.2) is 5.82 Å². The molecular formula is C9H13N5O. The molecule has 6 nitrogen and oxygen atoms in total. The van der Waals surface area contributed by atoms with Crippen LogP contribution in [0.15, 0.2) is 11.0 Å². The smallest absolute Gasteiger partial charge is 0.347 e. The molecule has 6 heteroatoms. The lowest BCUT2D eigenvalue weighted by molar-refractivity contribution is 0.565. The largest absolute Gasteiger partial charge is 0.381 e. The number of nitrogens with one attached hydrogen (secondary N) is 1. The van der Waals surface area contributed by atoms with E-state index in [4.69, 9.17) is 5.73 Å². The molecule has 0 radical (unpaired) electrons. The van der Waals surface area contributed by atoms with Crippen molar-refractivity contribution in [1.82, 2.24) is 19.6 Å². The topological polar surface area (TPSA) is 89.1 Å². The number of nitrogens with two attached hydrogens (primary N) is 1. The molecule has 0 fully saturated rings. The van der Waals surface area contributed by atoms with E-state index in [0.29, 0.717) is 5.65 Å². The predicted octanol–water partition coefficient (Wildman–Crippen LogP) is 0.297. The fourth-order valence-corrected chi connectivity index (χ4v) is 1.30. The van der Waals surface area contributed by atoms with Crippen LogP contribution in [-0.2, 0) is 5.41 Å². The Morgan fingerprint density at radius 1 is 1.47 bits per heavy atom. The molecule has 0 saturated carbocycles. The number of aromatic amines is 1. The molecule has 0 amide bonds. The van der Waals surface area contributed by atoms with Crippen molar-refractivity contribution in [2.75, 3.05) is 5.73 Å². The summed E-state index contributed by atoms with van der Waals surface area (Å²) >= 11 is 0. The Balaban J connectivity index is 2.82. The van der Waals surface area contributed by atoms with E-state index in [1.807, 2.05) is 20.8 Å². The van der Waals surface area contributed by atoms with Crippen molar-refractivity contribution in [1.29, 1.82) is 0 Å². The van der Waals surface area contributed by atoms with Crippen LogP contribution in [0.5, 0.6) is 0 Å². The van der Waals surface area contributed by atoms with Crippen LogP contribution in [0.4, 0.5) is 5.82 Å². The monoisotopic (exact) mass is 207 g/mol. The van der Waals surface area contributed by atoms with Crippen LogP contribution < -0.4 is 11.4 Å². The number of rotatable bonds is 0. The second kappa shape index (κ2) is 2.82. The van der Waals surface area contributed by atoms with Crippen LogP contribution in [-0.4, -0.2) is 19.6 Å². The second-order valence-corrected chi connectivity index (χ2v) is 4.48. The number of hydrogen-bond acceptors (Lipinski definition) is 4. The van der Waals surface area contributed by atoms with Gasteiger partial charge in [-0.3, -0.25) is 0 Å². The zero-order chi connectivity index (χ0) is 11.2. The van der Waals surface area contributed by atoms with Gasteiger partial charge in [-0.05, 0) is 0 Å². The molecule has 2 aromatic rings. The Hall–Kier alpha value is -1.85. The van der Waals surface area contributed by atoms with E-state index < -0.39 is 0 Å². The highest BCUT2D eigenvalue weighted by Gasteiger charge is 2.18. The highest BCUT2D eigenvalue weighted by Crippen LogP contribution is 2.21. The van der Waals surface area contributed by atoms with Gasteiger partial charge in [-0.2, -0.15) is 0 Å². The predicted molar refractivity (Wildman–Crippen MR) is 56.7 cm³/mol. The second-order valence-electron chi connectivity index (χ2n) is 4.48. The molecule has 0 aliphatic carbocycles. The molecule has 2 rings (SSSR count). The maximum Gasteiger partial charge on any atom is 0.347 e. The summed E-state index contributed by atoms with van der Waals surface area (Å²) in [5.74, 6) is 0.265. The summed E-state index contributed by atoms with van der Waals surface area (Å²) in [7, 11) is 0. The standard InChI is InChI=1S/C9H13N5O/c1-9(2,3)5-4-14-7(6(10)11-5)12-13-8(14)15/h4H,1-3H3,(H2,10,11)(H,13,15). The zero-order valence-electron chi connectivity index (χ0n) is 8.90. The van der Waals surface area contributed by atoms with E-state index in [0.717, 1.165) is 5.69 Å². The first-order chi connectivity index (χ1) is 6.89. The normalized spacial score (nSPS) is 12.2. The Morgan fingerprint density at radius 2 is 2.13 bits per heavy atom. The van der Waals surface area contributed by atoms with E-state index in [1.165, 1.54) is 4.40 Å². The summed E-state index contributed by atoms with van der Waals surface area (Å²) in [6, 6.07) is 0. The minimum absolute atomic E-state index is 0.154. The molecule has 0 saturated heterocycles. The van der Waals surface area contributed by atoms with Crippen molar-refractivity contribution in [2.45, 2.75) is 26.2 Å². The van der Waals surface area contributed by atoms with Gasteiger partial charge in [-0.15, -0.1) is 5.10 Å². The van der Waals surface area contributed by atoms with E-state index >= 15 is 0 Å². The van der Waals surface area contributed by atoms with Gasteiger partial charge in [0, 0.05) is 11.6 Å². The van der Waals surface area contributed by atoms with E-state index in [-0.39, 0.29) is 16.9 Å². The van der Waals surface area contributed by atoms with Crippen molar-refractivity contribution in [3.8, 4) is 0 Å². The molecule has 0 atom stereocenters. The zero-order valence-corrected chi connectivity index (χ0v) is 8.90. The number of hydrogen-bond donors (Lipinski definition) is 2. The third kappa shape index (κ3) is 1.47. The summed E-state index contributed by atoms with van der Waals surface area (Å²) < 4.78 is 1.38. The average molecular weight is 207 g/mol. The highest BCUT2D eigenvalue weighted by molar-refractivity contribution is 5.58. The molecule has 2 heterocycles. The Morgan fingerprint density at radius 3 is 2.73 bits per heavy atom. The molecule has 3 N–H and O–H groups in total. The maximum atomic E-state index is 11.4. The van der Waals surface area contributed by atoms with Crippen molar-refractivity contribution < 1.29 is 0 Å². The minimum atomic E-state index is -0.301. The van der Waals surface area contributed by atoms with Crippen LogP contribution in [0.25, 0.3) is 5.65 Å². The number of fused-ring (bicyclic) bond motifs is 1. The minimum Gasteiger partial charge on any atom is -0.381 e. The van der Waals surface area contributed by atoms with Crippen LogP contribution >= 0.6 is 0 Å². The fraction of sp³-hybridized carbons (Fsp3) is 0.444. The third-order valence-corrected chi connectivity index (χ3v) is 2.19. The number of nitrogen functional groups attached to an aromatic ring is 1. The average Bonchev–Trinajstić information content (AvgIpc) is 2.47. The quantitative estimate of drug-likeness (QED) is 0.650. The molecule has 15 heavy (non-hydrogen) atoms. The molecule has 0 aliphatic heterocycles. The van der Waals surface area contributed by atoms with E-state index in [9.17, 15) is 4.79 Å². The van der Waals surface area contributed by atoms with Gasteiger partial charge in [-0.1, -0.05) is 20.8 Å². The van der Waals surface area contributed by atoms with Crippen molar-refractivity contribution >= 4 is 11.5 Å². The van der Waals surface area contributed by atoms with Crippen molar-refractivity contribution in [3.05, 3.63) is 22.4 Å². The van der Waals surface area contributed by atoms with Crippen molar-refractivity contribution in [3.63, 3.8) is 0 Å². The molecule has 0 spiro atoms. The fourth-order valence-electron chi connectivity index (χ4n) is 1.30. The SMILES string of the molecule is CC(C)(C)c1cn2c(=O)[nH]nc2c(N)n1. The third-order valence-electron chi connectivity index (χ3n) is 2.19. The molecular weight excluding hydrogens is 194 g/mol. The highest BCUT2D eigenvalue weighted by atomic mass is 16.1. The molecule has 80 valence electrons. The van der Waals surface area contributed by atoms with Gasteiger partial charge in [0.25, 0.3) is 0 Å². The lowest BCUT2D eigenvalue weighted by Crippen LogP contribution is -2.19. The molecule has 0 unspecified atom stereocenters. The summed E-state index contributed by atoms with van der Waals surface area (Å²) in [6.07, 6.45) is 1.66.